The number of benzene rings is 2. The number of hydrogen-bond acceptors (Lipinski definition) is 6. The molecule has 0 aliphatic carbocycles. The lowest BCUT2D eigenvalue weighted by Gasteiger charge is -2.25. The molecule has 0 aromatic heterocycles. The highest BCUT2D eigenvalue weighted by Crippen LogP contribution is 2.34. The summed E-state index contributed by atoms with van der Waals surface area (Å²) in [5.74, 6) is 0.975. The molecule has 4 rings (SSSR count). The van der Waals surface area contributed by atoms with Crippen LogP contribution in [-0.2, 0) is 10.5 Å². The molecule has 1 amide bonds. The van der Waals surface area contributed by atoms with Crippen LogP contribution in [0.25, 0.3) is 0 Å². The summed E-state index contributed by atoms with van der Waals surface area (Å²) < 4.78 is 0. The molecule has 1 atom stereocenters. The third kappa shape index (κ3) is 2.78. The molecule has 2 aromatic rings. The van der Waals surface area contributed by atoms with Gasteiger partial charge in [0.1, 0.15) is 11.9 Å². The van der Waals surface area contributed by atoms with Gasteiger partial charge in [-0.15, -0.1) is 0 Å². The molecule has 0 radical (unpaired) electrons. The van der Waals surface area contributed by atoms with Gasteiger partial charge in [-0.3, -0.25) is 19.9 Å². The largest absolute Gasteiger partial charge is 0.272 e. The minimum absolute atomic E-state index is 0.0483. The highest BCUT2D eigenvalue weighted by Gasteiger charge is 2.39. The van der Waals surface area contributed by atoms with E-state index < -0.39 is 11.0 Å². The van der Waals surface area contributed by atoms with Crippen LogP contribution in [0.5, 0.6) is 0 Å². The smallest absolute Gasteiger partial charge is 0.269 e. The molecule has 2 aliphatic heterocycles. The molecule has 0 bridgehead atoms. The van der Waals surface area contributed by atoms with Gasteiger partial charge >= 0.3 is 0 Å². The molecule has 0 saturated heterocycles. The Kier molecular flexibility index (Phi) is 4.04. The van der Waals surface area contributed by atoms with Gasteiger partial charge in [0, 0.05) is 23.4 Å². The molecule has 7 nitrogen and oxygen atoms in total. The summed E-state index contributed by atoms with van der Waals surface area (Å²) >= 11 is 1.37. The zero-order valence-electron chi connectivity index (χ0n) is 13.8. The maximum absolute atomic E-state index is 12.5. The van der Waals surface area contributed by atoms with Gasteiger partial charge in [0.2, 0.25) is 0 Å². The summed E-state index contributed by atoms with van der Waals surface area (Å²) in [5.41, 5.74) is 2.45. The zero-order chi connectivity index (χ0) is 18.3. The standard InChI is InChI=1S/C18H14N4O3S/c1-11-17(23)21-16(19-11)14-7-2-3-8-15(14)20-18(21)26-10-12-5-4-6-13(9-12)22(24)25/h2-9,11H,10H2,1H3. The van der Waals surface area contributed by atoms with Crippen molar-refractivity contribution < 1.29 is 9.72 Å². The lowest BCUT2D eigenvalue weighted by atomic mass is 10.1. The van der Waals surface area contributed by atoms with E-state index in [1.807, 2.05) is 30.3 Å². The van der Waals surface area contributed by atoms with Gasteiger partial charge in [-0.25, -0.2) is 9.89 Å². The van der Waals surface area contributed by atoms with Crippen molar-refractivity contribution in [3.63, 3.8) is 0 Å². The second-order valence-electron chi connectivity index (χ2n) is 5.93. The van der Waals surface area contributed by atoms with Crippen molar-refractivity contribution in [1.29, 1.82) is 0 Å². The van der Waals surface area contributed by atoms with Crippen LogP contribution in [0.15, 0.2) is 58.5 Å². The molecule has 26 heavy (non-hydrogen) atoms. The summed E-state index contributed by atoms with van der Waals surface area (Å²) in [4.78, 5) is 33.7. The fourth-order valence-corrected chi connectivity index (χ4v) is 3.82. The van der Waals surface area contributed by atoms with Crippen LogP contribution in [0.1, 0.15) is 18.1 Å². The summed E-state index contributed by atoms with van der Waals surface area (Å²) in [6.45, 7) is 1.76. The molecule has 0 saturated carbocycles. The van der Waals surface area contributed by atoms with Crippen molar-refractivity contribution in [2.24, 2.45) is 9.98 Å². The van der Waals surface area contributed by atoms with Crippen molar-refractivity contribution >= 4 is 40.0 Å². The van der Waals surface area contributed by atoms with Crippen LogP contribution in [0, 0.1) is 10.1 Å². The van der Waals surface area contributed by atoms with E-state index in [1.54, 1.807) is 17.9 Å². The maximum atomic E-state index is 12.5. The average molecular weight is 366 g/mol. The number of nitro benzene ring substituents is 1. The summed E-state index contributed by atoms with van der Waals surface area (Å²) in [6, 6.07) is 13.6. The monoisotopic (exact) mass is 366 g/mol. The lowest BCUT2D eigenvalue weighted by molar-refractivity contribution is -0.384. The molecule has 0 fully saturated rings. The SMILES string of the molecule is CC1N=C2c3ccccc3N=C(SCc3cccc([N+](=O)[O-])c3)N2C1=O. The number of thioether (sulfide) groups is 1. The topological polar surface area (TPSA) is 88.2 Å². The first-order valence-electron chi connectivity index (χ1n) is 8.00. The number of nitro groups is 1. The number of non-ortho nitro benzene ring substituents is 1. The van der Waals surface area contributed by atoms with Crippen LogP contribution in [0.2, 0.25) is 0 Å². The summed E-state index contributed by atoms with van der Waals surface area (Å²) in [5, 5.41) is 11.5. The number of hydrogen-bond donors (Lipinski definition) is 0. The normalized spacial score (nSPS) is 18.1. The van der Waals surface area contributed by atoms with E-state index in [-0.39, 0.29) is 11.6 Å². The molecule has 2 aliphatic rings. The fourth-order valence-electron chi connectivity index (χ4n) is 2.88. The molecular weight excluding hydrogens is 352 g/mol. The summed E-state index contributed by atoms with van der Waals surface area (Å²) in [7, 11) is 0. The average Bonchev–Trinajstić information content (AvgIpc) is 2.95. The molecule has 130 valence electrons. The second kappa shape index (κ2) is 6.38. The van der Waals surface area contributed by atoms with Crippen molar-refractivity contribution in [1.82, 2.24) is 4.90 Å². The van der Waals surface area contributed by atoms with Crippen LogP contribution in [0.4, 0.5) is 11.4 Å². The van der Waals surface area contributed by atoms with E-state index in [1.165, 1.54) is 23.9 Å². The third-order valence-electron chi connectivity index (χ3n) is 4.15. The van der Waals surface area contributed by atoms with Crippen LogP contribution in [-0.4, -0.2) is 32.8 Å². The Morgan fingerprint density at radius 3 is 2.85 bits per heavy atom. The number of carbonyl (C=O) groups is 1. The van der Waals surface area contributed by atoms with Gasteiger partial charge < -0.3 is 0 Å². The fraction of sp³-hybridized carbons (Fsp3) is 0.167. The van der Waals surface area contributed by atoms with E-state index in [9.17, 15) is 14.9 Å². The second-order valence-corrected chi connectivity index (χ2v) is 6.87. The third-order valence-corrected chi connectivity index (χ3v) is 5.16. The quantitative estimate of drug-likeness (QED) is 0.614. The molecule has 8 heteroatoms. The van der Waals surface area contributed by atoms with Gasteiger partial charge in [-0.05, 0) is 24.6 Å². The number of amides is 1. The van der Waals surface area contributed by atoms with Gasteiger partial charge in [-0.1, -0.05) is 36.0 Å². The van der Waals surface area contributed by atoms with E-state index in [0.29, 0.717) is 16.8 Å². The molecule has 2 aromatic carbocycles. The Morgan fingerprint density at radius 2 is 2.04 bits per heavy atom. The number of rotatable bonds is 3. The highest BCUT2D eigenvalue weighted by molar-refractivity contribution is 8.13. The molecule has 0 spiro atoms. The van der Waals surface area contributed by atoms with E-state index >= 15 is 0 Å². The van der Waals surface area contributed by atoms with Crippen molar-refractivity contribution in [2.75, 3.05) is 0 Å². The van der Waals surface area contributed by atoms with E-state index in [4.69, 9.17) is 0 Å². The zero-order valence-corrected chi connectivity index (χ0v) is 14.6. The minimum atomic E-state index is -0.445. The van der Waals surface area contributed by atoms with Crippen LogP contribution >= 0.6 is 11.8 Å². The Labute approximate surface area is 153 Å². The van der Waals surface area contributed by atoms with Gasteiger partial charge in [0.05, 0.1) is 10.6 Å². The predicted molar refractivity (Wildman–Crippen MR) is 101 cm³/mol. The first-order valence-corrected chi connectivity index (χ1v) is 8.99. The van der Waals surface area contributed by atoms with E-state index in [0.717, 1.165) is 16.8 Å². The molecule has 0 N–H and O–H groups in total. The molecule has 1 unspecified atom stereocenters. The van der Waals surface area contributed by atoms with Gasteiger partial charge in [0.15, 0.2) is 5.17 Å². The van der Waals surface area contributed by atoms with Crippen LogP contribution in [0.3, 0.4) is 0 Å². The van der Waals surface area contributed by atoms with Gasteiger partial charge in [0.25, 0.3) is 11.6 Å². The lowest BCUT2D eigenvalue weighted by Crippen LogP contribution is -2.40. The molecular formula is C18H14N4O3S. The highest BCUT2D eigenvalue weighted by atomic mass is 32.2. The first-order chi connectivity index (χ1) is 12.5. The first kappa shape index (κ1) is 16.5. The van der Waals surface area contributed by atoms with Gasteiger partial charge in [-0.2, -0.15) is 0 Å². The molecule has 2 heterocycles. The number of aliphatic imine (C=N–C) groups is 2. The van der Waals surface area contributed by atoms with E-state index in [2.05, 4.69) is 9.98 Å². The predicted octanol–water partition coefficient (Wildman–Crippen LogP) is 3.51. The number of amidine groups is 2. The Balaban J connectivity index is 1.65. The number of para-hydroxylation sites is 1. The van der Waals surface area contributed by atoms with Crippen LogP contribution < -0.4 is 0 Å². The van der Waals surface area contributed by atoms with Crippen molar-refractivity contribution in [3.05, 3.63) is 69.8 Å². The Morgan fingerprint density at radius 1 is 1.23 bits per heavy atom. The Hall–Kier alpha value is -3.00. The maximum Gasteiger partial charge on any atom is 0.269 e. The number of carbonyl (C=O) groups excluding carboxylic acids is 1. The van der Waals surface area contributed by atoms with Crippen molar-refractivity contribution in [3.8, 4) is 0 Å². The number of nitrogens with zero attached hydrogens (tertiary/aromatic N) is 4. The minimum Gasteiger partial charge on any atom is -0.272 e. The van der Waals surface area contributed by atoms with Crippen molar-refractivity contribution in [2.45, 2.75) is 18.7 Å². The Bertz CT molecular complexity index is 986. The summed E-state index contributed by atoms with van der Waals surface area (Å²) in [6.07, 6.45) is 0. The number of fused-ring (bicyclic) bond motifs is 3.